The predicted molar refractivity (Wildman–Crippen MR) is 120 cm³/mol. The summed E-state index contributed by atoms with van der Waals surface area (Å²) < 4.78 is 11.1. The lowest BCUT2D eigenvalue weighted by molar-refractivity contribution is -0.394. The molecule has 2 aromatic carbocycles. The number of amides is 1. The highest BCUT2D eigenvalue weighted by Gasteiger charge is 2.34. The summed E-state index contributed by atoms with van der Waals surface area (Å²) in [5.74, 6) is -1.98. The average Bonchev–Trinajstić information content (AvgIpc) is 3.01. The molecule has 1 fully saturated rings. The van der Waals surface area contributed by atoms with E-state index in [0.29, 0.717) is 0 Å². The highest BCUT2D eigenvalue weighted by atomic mass is 32.2. The van der Waals surface area contributed by atoms with Crippen molar-refractivity contribution in [1.82, 2.24) is 4.90 Å². The molecule has 170 valence electrons. The Morgan fingerprint density at radius 3 is 2.55 bits per heavy atom. The number of methoxy groups -OCH3 is 1. The van der Waals surface area contributed by atoms with Crippen molar-refractivity contribution in [1.29, 1.82) is 0 Å². The van der Waals surface area contributed by atoms with Crippen LogP contribution in [0, 0.1) is 20.2 Å². The lowest BCUT2D eigenvalue weighted by Gasteiger charge is -2.13. The van der Waals surface area contributed by atoms with Gasteiger partial charge < -0.3 is 14.6 Å². The number of benzene rings is 2. The van der Waals surface area contributed by atoms with Crippen molar-refractivity contribution < 1.29 is 34.0 Å². The number of carbonyl (C=O) groups is 2. The zero-order valence-electron chi connectivity index (χ0n) is 16.6. The van der Waals surface area contributed by atoms with Crippen molar-refractivity contribution in [2.45, 2.75) is 0 Å². The van der Waals surface area contributed by atoms with Crippen LogP contribution in [-0.4, -0.2) is 49.7 Å². The fourth-order valence-electron chi connectivity index (χ4n) is 2.79. The van der Waals surface area contributed by atoms with Gasteiger partial charge in [0.1, 0.15) is 10.9 Å². The molecule has 0 bridgehead atoms. The molecule has 0 atom stereocenters. The first-order chi connectivity index (χ1) is 15.6. The number of nitro benzene ring substituents is 2. The van der Waals surface area contributed by atoms with Crippen LogP contribution in [0.1, 0.15) is 5.56 Å². The van der Waals surface area contributed by atoms with E-state index in [1.54, 1.807) is 12.1 Å². The van der Waals surface area contributed by atoms with Gasteiger partial charge in [0.15, 0.2) is 11.5 Å². The fraction of sp³-hybridized carbons (Fsp3) is 0.105. The molecule has 1 saturated heterocycles. The molecule has 1 N–H and O–H groups in total. The molecule has 12 nitrogen and oxygen atoms in total. The van der Waals surface area contributed by atoms with Gasteiger partial charge in [-0.25, -0.2) is 0 Å². The van der Waals surface area contributed by atoms with Gasteiger partial charge in [-0.15, -0.1) is 0 Å². The first-order valence-corrected chi connectivity index (χ1v) is 10.1. The SMILES string of the molecule is COc1cccc(/C=C2\SC(=S)N(CC(=O)O)C2=O)c1Oc1ccc([N+](=O)[O-])cc1[N+](=O)[O-]. The number of para-hydroxylation sites is 1. The van der Waals surface area contributed by atoms with E-state index in [0.717, 1.165) is 34.9 Å². The molecule has 0 saturated carbocycles. The Morgan fingerprint density at radius 2 is 1.94 bits per heavy atom. The monoisotopic (exact) mass is 491 g/mol. The van der Waals surface area contributed by atoms with Crippen molar-refractivity contribution in [3.05, 3.63) is 67.1 Å². The molecule has 1 amide bonds. The maximum Gasteiger partial charge on any atom is 0.323 e. The van der Waals surface area contributed by atoms with E-state index in [1.807, 2.05) is 0 Å². The van der Waals surface area contributed by atoms with Gasteiger partial charge in [0, 0.05) is 11.6 Å². The Morgan fingerprint density at radius 1 is 1.21 bits per heavy atom. The highest BCUT2D eigenvalue weighted by molar-refractivity contribution is 8.26. The Balaban J connectivity index is 2.06. The third-order valence-corrected chi connectivity index (χ3v) is 5.62. The number of rotatable bonds is 8. The zero-order chi connectivity index (χ0) is 24.3. The van der Waals surface area contributed by atoms with Crippen LogP contribution in [0.15, 0.2) is 41.3 Å². The minimum atomic E-state index is -1.23. The highest BCUT2D eigenvalue weighted by Crippen LogP contribution is 2.42. The van der Waals surface area contributed by atoms with Crippen LogP contribution in [-0.2, 0) is 9.59 Å². The van der Waals surface area contributed by atoms with Gasteiger partial charge in [0.2, 0.25) is 5.75 Å². The van der Waals surface area contributed by atoms with Gasteiger partial charge >= 0.3 is 11.7 Å². The Bertz CT molecular complexity index is 1230. The molecule has 0 aromatic heterocycles. The summed E-state index contributed by atoms with van der Waals surface area (Å²) in [7, 11) is 1.34. The molecular formula is C19H13N3O9S2. The van der Waals surface area contributed by atoms with Crippen LogP contribution >= 0.6 is 24.0 Å². The number of non-ortho nitro benzene ring substituents is 1. The number of hydrogen-bond acceptors (Lipinski definition) is 10. The summed E-state index contributed by atoms with van der Waals surface area (Å²) in [6.07, 6.45) is 1.39. The van der Waals surface area contributed by atoms with E-state index in [-0.39, 0.29) is 32.0 Å². The van der Waals surface area contributed by atoms with E-state index >= 15 is 0 Å². The van der Waals surface area contributed by atoms with Crippen molar-refractivity contribution in [3.8, 4) is 17.2 Å². The molecule has 0 unspecified atom stereocenters. The number of carboxylic acids is 1. The number of carbonyl (C=O) groups excluding carboxylic acids is 1. The first kappa shape index (κ1) is 23.6. The molecule has 0 aliphatic carbocycles. The molecule has 14 heteroatoms. The molecule has 3 rings (SSSR count). The maximum atomic E-state index is 12.6. The van der Waals surface area contributed by atoms with Gasteiger partial charge in [0.05, 0.1) is 27.9 Å². The lowest BCUT2D eigenvalue weighted by atomic mass is 10.1. The van der Waals surface area contributed by atoms with Crippen LogP contribution in [0.2, 0.25) is 0 Å². The maximum absolute atomic E-state index is 12.6. The minimum absolute atomic E-state index is 0.000422. The topological polar surface area (TPSA) is 162 Å². The number of aliphatic carboxylic acids is 1. The summed E-state index contributed by atoms with van der Waals surface area (Å²) in [6.45, 7) is -0.599. The van der Waals surface area contributed by atoms with Crippen LogP contribution in [0.3, 0.4) is 0 Å². The standard InChI is InChI=1S/C19H13N3O9S2/c1-30-14-4-2-3-10(7-15-18(25)20(9-16(23)24)19(32)33-15)17(14)31-13-6-5-11(21(26)27)8-12(13)22(28)29/h2-8H,9H2,1H3,(H,23,24)/b15-7-. The number of nitrogens with zero attached hydrogens (tertiary/aromatic N) is 3. The number of hydrogen-bond donors (Lipinski definition) is 1. The first-order valence-electron chi connectivity index (χ1n) is 8.87. The third-order valence-electron chi connectivity index (χ3n) is 4.24. The molecule has 1 heterocycles. The van der Waals surface area contributed by atoms with E-state index in [9.17, 15) is 29.8 Å². The van der Waals surface area contributed by atoms with Gasteiger partial charge in [-0.2, -0.15) is 0 Å². The summed E-state index contributed by atoms with van der Waals surface area (Å²) in [5, 5.41) is 31.4. The van der Waals surface area contributed by atoms with Crippen LogP contribution in [0.4, 0.5) is 11.4 Å². The third kappa shape index (κ3) is 5.07. The molecule has 0 spiro atoms. The van der Waals surface area contributed by atoms with Gasteiger partial charge in [-0.05, 0) is 18.2 Å². The van der Waals surface area contributed by atoms with E-state index in [1.165, 1.54) is 19.3 Å². The van der Waals surface area contributed by atoms with E-state index < -0.39 is 39.6 Å². The van der Waals surface area contributed by atoms with Gasteiger partial charge in [-0.3, -0.25) is 34.7 Å². The predicted octanol–water partition coefficient (Wildman–Crippen LogP) is 3.59. The Hall–Kier alpha value is -4.04. The van der Waals surface area contributed by atoms with Crippen LogP contribution in [0.5, 0.6) is 17.2 Å². The second-order valence-electron chi connectivity index (χ2n) is 6.31. The molecule has 33 heavy (non-hydrogen) atoms. The minimum Gasteiger partial charge on any atom is -0.493 e. The smallest absolute Gasteiger partial charge is 0.323 e. The second kappa shape index (κ2) is 9.62. The lowest BCUT2D eigenvalue weighted by Crippen LogP contribution is -2.33. The number of carboxylic acid groups (broad SMARTS) is 1. The number of nitro groups is 2. The van der Waals surface area contributed by atoms with Crippen molar-refractivity contribution >= 4 is 57.6 Å². The second-order valence-corrected chi connectivity index (χ2v) is 7.98. The molecular weight excluding hydrogens is 478 g/mol. The quantitative estimate of drug-likeness (QED) is 0.248. The fourth-order valence-corrected chi connectivity index (χ4v) is 4.03. The summed E-state index contributed by atoms with van der Waals surface area (Å²) in [5.41, 5.74) is -0.858. The molecule has 1 aliphatic heterocycles. The zero-order valence-corrected chi connectivity index (χ0v) is 18.3. The molecule has 0 radical (unpaired) electrons. The largest absolute Gasteiger partial charge is 0.493 e. The van der Waals surface area contributed by atoms with Gasteiger partial charge in [0.25, 0.3) is 11.6 Å². The number of thioether (sulfide) groups is 1. The van der Waals surface area contributed by atoms with E-state index in [4.69, 9.17) is 26.8 Å². The Kier molecular flexibility index (Phi) is 6.89. The van der Waals surface area contributed by atoms with Crippen LogP contribution in [0.25, 0.3) is 6.08 Å². The molecule has 1 aliphatic rings. The summed E-state index contributed by atoms with van der Waals surface area (Å²) >= 11 is 5.96. The van der Waals surface area contributed by atoms with Crippen molar-refractivity contribution in [2.75, 3.05) is 13.7 Å². The normalized spacial score (nSPS) is 14.5. The van der Waals surface area contributed by atoms with Crippen LogP contribution < -0.4 is 9.47 Å². The molecule has 2 aromatic rings. The van der Waals surface area contributed by atoms with Gasteiger partial charge in [-0.1, -0.05) is 36.1 Å². The van der Waals surface area contributed by atoms with E-state index in [2.05, 4.69) is 0 Å². The Labute approximate surface area is 194 Å². The summed E-state index contributed by atoms with van der Waals surface area (Å²) in [6, 6.07) is 7.53. The average molecular weight is 491 g/mol. The number of thiocarbonyl (C=S) groups is 1. The van der Waals surface area contributed by atoms with Crippen molar-refractivity contribution in [2.24, 2.45) is 0 Å². The van der Waals surface area contributed by atoms with Crippen molar-refractivity contribution in [3.63, 3.8) is 0 Å². The summed E-state index contributed by atoms with van der Waals surface area (Å²) in [4.78, 5) is 45.4. The number of ether oxygens (including phenoxy) is 2.